The Hall–Kier alpha value is -5.52. The van der Waals surface area contributed by atoms with Crippen LogP contribution >= 0.6 is 11.3 Å². The molecular weight excluding hydrogens is 597 g/mol. The monoisotopic (exact) mass is 628 g/mol. The largest absolute Gasteiger partial charge is 0.507 e. The average molecular weight is 629 g/mol. The number of para-hydroxylation sites is 1. The first-order valence-electron chi connectivity index (χ1n) is 15.7. The second-order valence-electron chi connectivity index (χ2n) is 12.8. The third-order valence-electron chi connectivity index (χ3n) is 8.67. The Balaban J connectivity index is 1.28. The van der Waals surface area contributed by atoms with E-state index in [0.717, 1.165) is 33.3 Å². The van der Waals surface area contributed by atoms with Gasteiger partial charge < -0.3 is 9.52 Å². The number of oxazole rings is 1. The molecule has 228 valence electrons. The van der Waals surface area contributed by atoms with Gasteiger partial charge in [-0.15, -0.1) is 11.3 Å². The van der Waals surface area contributed by atoms with Crippen LogP contribution in [-0.4, -0.2) is 16.3 Å². The fourth-order valence-corrected chi connectivity index (χ4v) is 7.38. The fourth-order valence-electron chi connectivity index (χ4n) is 6.14. The number of aromatic hydroxyl groups is 1. The Bertz CT molecular complexity index is 2460. The quantitative estimate of drug-likeness (QED) is 0.193. The number of rotatable bonds is 5. The van der Waals surface area contributed by atoms with Gasteiger partial charge in [-0.3, -0.25) is 4.99 Å². The van der Waals surface area contributed by atoms with Crippen LogP contribution in [0.25, 0.3) is 65.0 Å². The zero-order chi connectivity index (χ0) is 32.1. The van der Waals surface area contributed by atoms with Crippen molar-refractivity contribution in [3.63, 3.8) is 0 Å². The second-order valence-corrected chi connectivity index (χ2v) is 13.9. The van der Waals surface area contributed by atoms with Crippen LogP contribution in [0.5, 0.6) is 5.75 Å². The van der Waals surface area contributed by atoms with Gasteiger partial charge in [0.25, 0.3) is 0 Å². The molecule has 0 aliphatic heterocycles. The van der Waals surface area contributed by atoms with Crippen LogP contribution in [0.1, 0.15) is 31.9 Å². The average Bonchev–Trinajstić information content (AvgIpc) is 3.69. The molecule has 47 heavy (non-hydrogen) atoms. The van der Waals surface area contributed by atoms with Crippen LogP contribution in [0.4, 0.5) is 5.69 Å². The SMILES string of the molecule is CC(C)(C)c1ccc(O)c(C=Nc2ccccc2-c2nc3c(-c4ccccc4)cc(-c4cccc5c4sc4ccccc45)cc3o2)c1. The molecule has 6 aromatic carbocycles. The van der Waals surface area contributed by atoms with Gasteiger partial charge in [-0.25, -0.2) is 4.98 Å². The van der Waals surface area contributed by atoms with Gasteiger partial charge in [0.1, 0.15) is 11.3 Å². The van der Waals surface area contributed by atoms with Crippen molar-refractivity contribution < 1.29 is 9.52 Å². The van der Waals surface area contributed by atoms with Crippen molar-refractivity contribution in [3.8, 4) is 39.5 Å². The van der Waals surface area contributed by atoms with Gasteiger partial charge in [0.15, 0.2) is 5.58 Å². The zero-order valence-corrected chi connectivity index (χ0v) is 27.2. The highest BCUT2D eigenvalue weighted by molar-refractivity contribution is 7.26. The minimum atomic E-state index is -0.0514. The summed E-state index contributed by atoms with van der Waals surface area (Å²) >= 11 is 1.82. The molecule has 0 saturated heterocycles. The molecule has 2 heterocycles. The molecule has 0 unspecified atom stereocenters. The lowest BCUT2D eigenvalue weighted by Crippen LogP contribution is -2.11. The van der Waals surface area contributed by atoms with Crippen molar-refractivity contribution in [1.82, 2.24) is 4.98 Å². The van der Waals surface area contributed by atoms with E-state index in [1.807, 2.05) is 53.8 Å². The molecule has 0 atom stereocenters. The van der Waals surface area contributed by atoms with E-state index in [1.165, 1.54) is 25.7 Å². The summed E-state index contributed by atoms with van der Waals surface area (Å²) < 4.78 is 9.13. The summed E-state index contributed by atoms with van der Waals surface area (Å²) in [6, 6.07) is 43.3. The molecule has 0 aliphatic rings. The minimum Gasteiger partial charge on any atom is -0.507 e. The highest BCUT2D eigenvalue weighted by atomic mass is 32.1. The molecule has 2 aromatic heterocycles. The van der Waals surface area contributed by atoms with Gasteiger partial charge in [0.05, 0.1) is 11.3 Å². The fraction of sp³-hybridized carbons (Fsp3) is 0.0952. The number of nitrogens with zero attached hydrogens (tertiary/aromatic N) is 2. The van der Waals surface area contributed by atoms with Crippen LogP contribution in [0.15, 0.2) is 137 Å². The number of phenolic OH excluding ortho intramolecular Hbond substituents is 1. The van der Waals surface area contributed by atoms with Gasteiger partial charge in [-0.2, -0.15) is 0 Å². The van der Waals surface area contributed by atoms with Crippen molar-refractivity contribution in [3.05, 3.63) is 139 Å². The number of aliphatic imine (C=N–C) groups is 1. The van der Waals surface area contributed by atoms with Gasteiger partial charge >= 0.3 is 0 Å². The lowest BCUT2D eigenvalue weighted by atomic mass is 9.86. The second kappa shape index (κ2) is 11.4. The highest BCUT2D eigenvalue weighted by Gasteiger charge is 2.19. The van der Waals surface area contributed by atoms with Gasteiger partial charge in [-0.1, -0.05) is 106 Å². The normalized spacial score (nSPS) is 12.1. The predicted molar refractivity (Wildman–Crippen MR) is 197 cm³/mol. The van der Waals surface area contributed by atoms with Crippen LogP contribution in [0.3, 0.4) is 0 Å². The third kappa shape index (κ3) is 5.29. The lowest BCUT2D eigenvalue weighted by molar-refractivity contribution is 0.473. The Labute approximate surface area is 277 Å². The molecule has 1 N–H and O–H groups in total. The molecule has 4 nitrogen and oxygen atoms in total. The maximum absolute atomic E-state index is 10.6. The number of hydrogen-bond acceptors (Lipinski definition) is 5. The van der Waals surface area contributed by atoms with Crippen LogP contribution < -0.4 is 0 Å². The molecule has 8 aromatic rings. The summed E-state index contributed by atoms with van der Waals surface area (Å²) in [7, 11) is 0. The summed E-state index contributed by atoms with van der Waals surface area (Å²) in [5.74, 6) is 0.685. The Morgan fingerprint density at radius 2 is 1.45 bits per heavy atom. The number of benzene rings is 6. The van der Waals surface area contributed by atoms with Crippen molar-refractivity contribution >= 4 is 54.5 Å². The van der Waals surface area contributed by atoms with E-state index in [2.05, 4.69) is 99.6 Å². The van der Waals surface area contributed by atoms with E-state index in [4.69, 9.17) is 14.4 Å². The number of fused-ring (bicyclic) bond motifs is 4. The Kier molecular flexibility index (Phi) is 7.00. The van der Waals surface area contributed by atoms with Crippen molar-refractivity contribution in [2.24, 2.45) is 4.99 Å². The number of thiophene rings is 1. The first-order valence-corrected chi connectivity index (χ1v) is 16.5. The maximum Gasteiger partial charge on any atom is 0.229 e. The van der Waals surface area contributed by atoms with E-state index < -0.39 is 0 Å². The van der Waals surface area contributed by atoms with Crippen LogP contribution in [0, 0.1) is 0 Å². The van der Waals surface area contributed by atoms with E-state index in [9.17, 15) is 5.11 Å². The molecule has 0 radical (unpaired) electrons. The molecular formula is C42H32N2O2S. The molecule has 0 spiro atoms. The highest BCUT2D eigenvalue weighted by Crippen LogP contribution is 2.43. The topological polar surface area (TPSA) is 58.6 Å². The Morgan fingerprint density at radius 3 is 2.30 bits per heavy atom. The van der Waals surface area contributed by atoms with E-state index in [0.29, 0.717) is 22.7 Å². The zero-order valence-electron chi connectivity index (χ0n) is 26.4. The number of hydrogen-bond donors (Lipinski definition) is 1. The molecule has 0 aliphatic carbocycles. The van der Waals surface area contributed by atoms with Crippen molar-refractivity contribution in [2.45, 2.75) is 26.2 Å². The number of phenols is 1. The standard InChI is InChI=1S/C42H32N2O2S/c1-42(2,3)29-20-21-36(45)28(22-29)25-43-35-18-9-7-15-33(35)41-44-39-34(26-12-5-4-6-13-26)23-27(24-37(39)46-41)30-16-11-17-32-31-14-8-10-19-38(31)47-40(30)32/h4-25,45H,1-3H3. The van der Waals surface area contributed by atoms with Crippen LogP contribution in [0.2, 0.25) is 0 Å². The maximum atomic E-state index is 10.6. The first-order chi connectivity index (χ1) is 22.8. The molecule has 0 saturated carbocycles. The summed E-state index contributed by atoms with van der Waals surface area (Å²) in [5, 5.41) is 13.1. The summed E-state index contributed by atoms with van der Waals surface area (Å²) in [4.78, 5) is 9.91. The first kappa shape index (κ1) is 28.9. The molecule has 8 rings (SSSR count). The van der Waals surface area contributed by atoms with E-state index in [1.54, 1.807) is 12.3 Å². The van der Waals surface area contributed by atoms with Gasteiger partial charge in [0.2, 0.25) is 5.89 Å². The van der Waals surface area contributed by atoms with Gasteiger partial charge in [0, 0.05) is 37.5 Å². The van der Waals surface area contributed by atoms with E-state index in [-0.39, 0.29) is 11.2 Å². The molecule has 0 amide bonds. The van der Waals surface area contributed by atoms with E-state index >= 15 is 0 Å². The predicted octanol–water partition coefficient (Wildman–Crippen LogP) is 12.0. The summed E-state index contributed by atoms with van der Waals surface area (Å²) in [6.45, 7) is 6.46. The third-order valence-corrected chi connectivity index (χ3v) is 9.89. The molecule has 0 fully saturated rings. The van der Waals surface area contributed by atoms with Crippen molar-refractivity contribution in [2.75, 3.05) is 0 Å². The molecule has 5 heteroatoms. The van der Waals surface area contributed by atoms with Crippen molar-refractivity contribution in [1.29, 1.82) is 0 Å². The lowest BCUT2D eigenvalue weighted by Gasteiger charge is -2.19. The summed E-state index contributed by atoms with van der Waals surface area (Å²) in [6.07, 6.45) is 1.71. The Morgan fingerprint density at radius 1 is 0.702 bits per heavy atom. The van der Waals surface area contributed by atoms with Gasteiger partial charge in [-0.05, 0) is 70.1 Å². The molecule has 0 bridgehead atoms. The number of aromatic nitrogens is 1. The van der Waals surface area contributed by atoms with Crippen LogP contribution in [-0.2, 0) is 5.41 Å². The smallest absolute Gasteiger partial charge is 0.229 e. The summed E-state index contributed by atoms with van der Waals surface area (Å²) in [5.41, 5.74) is 9.06. The minimum absolute atomic E-state index is 0.0514.